The molecule has 1 aliphatic carbocycles. The number of hydrogen-bond donors (Lipinski definition) is 1. The first-order valence-electron chi connectivity index (χ1n) is 10.9. The van der Waals surface area contributed by atoms with Crippen LogP contribution in [0.2, 0.25) is 0 Å². The van der Waals surface area contributed by atoms with E-state index in [1.807, 2.05) is 36.4 Å². The van der Waals surface area contributed by atoms with Gasteiger partial charge in [-0.05, 0) is 66.8 Å². The third-order valence-corrected chi connectivity index (χ3v) is 5.33. The molecule has 3 rings (SSSR count). The number of nitrogens with one attached hydrogen (secondary N) is 1. The number of anilines is 1. The van der Waals surface area contributed by atoms with Crippen molar-refractivity contribution in [3.63, 3.8) is 0 Å². The number of benzene rings is 2. The molecule has 0 aromatic heterocycles. The molecule has 0 saturated heterocycles. The second-order valence-electron chi connectivity index (χ2n) is 8.35. The van der Waals surface area contributed by atoms with Crippen LogP contribution in [0.4, 0.5) is 5.69 Å². The van der Waals surface area contributed by atoms with E-state index in [-0.39, 0.29) is 5.91 Å². The second kappa shape index (κ2) is 10.9. The van der Waals surface area contributed by atoms with Crippen molar-refractivity contribution in [3.05, 3.63) is 54.1 Å². The summed E-state index contributed by atoms with van der Waals surface area (Å²) < 4.78 is 11.5. The first-order chi connectivity index (χ1) is 14.1. The van der Waals surface area contributed by atoms with E-state index in [1.54, 1.807) is 12.1 Å². The van der Waals surface area contributed by atoms with Crippen molar-refractivity contribution >= 4 is 11.6 Å². The molecule has 0 spiro atoms. The molecule has 0 atom stereocenters. The highest BCUT2D eigenvalue weighted by molar-refractivity contribution is 6.04. The van der Waals surface area contributed by atoms with Crippen molar-refractivity contribution in [2.45, 2.75) is 52.4 Å². The molecule has 1 fully saturated rings. The van der Waals surface area contributed by atoms with E-state index in [2.05, 4.69) is 19.2 Å². The number of rotatable bonds is 9. The maximum atomic E-state index is 12.4. The van der Waals surface area contributed by atoms with Crippen molar-refractivity contribution in [3.8, 4) is 11.5 Å². The summed E-state index contributed by atoms with van der Waals surface area (Å²) in [5, 5.41) is 2.93. The van der Waals surface area contributed by atoms with E-state index >= 15 is 0 Å². The molecule has 29 heavy (non-hydrogen) atoms. The quantitative estimate of drug-likeness (QED) is 0.540. The van der Waals surface area contributed by atoms with Crippen molar-refractivity contribution in [2.24, 2.45) is 11.8 Å². The SMILES string of the molecule is CC(C)COc1ccc(C(=O)Nc2ccc(OCCC3CCCCC3)cc2)cc1. The molecule has 0 bridgehead atoms. The van der Waals surface area contributed by atoms with Crippen LogP contribution in [0.5, 0.6) is 11.5 Å². The molecule has 0 heterocycles. The minimum absolute atomic E-state index is 0.133. The predicted molar refractivity (Wildman–Crippen MR) is 118 cm³/mol. The van der Waals surface area contributed by atoms with Crippen molar-refractivity contribution in [2.75, 3.05) is 18.5 Å². The Balaban J connectivity index is 1.44. The minimum Gasteiger partial charge on any atom is -0.494 e. The fourth-order valence-electron chi connectivity index (χ4n) is 3.62. The first kappa shape index (κ1) is 21.2. The standard InChI is InChI=1S/C25H33NO3/c1-19(2)18-29-24-12-8-21(9-13-24)25(27)26-22-10-14-23(15-11-22)28-17-16-20-6-4-3-5-7-20/h8-15,19-20H,3-7,16-18H2,1-2H3,(H,26,27). The van der Waals surface area contributed by atoms with E-state index in [0.717, 1.165) is 36.1 Å². The highest BCUT2D eigenvalue weighted by Crippen LogP contribution is 2.26. The Hall–Kier alpha value is -2.49. The van der Waals surface area contributed by atoms with Crippen LogP contribution in [0.25, 0.3) is 0 Å². The van der Waals surface area contributed by atoms with Gasteiger partial charge in [0.2, 0.25) is 0 Å². The highest BCUT2D eigenvalue weighted by Gasteiger charge is 2.13. The van der Waals surface area contributed by atoms with Crippen LogP contribution in [0, 0.1) is 11.8 Å². The van der Waals surface area contributed by atoms with Crippen LogP contribution in [-0.4, -0.2) is 19.1 Å². The summed E-state index contributed by atoms with van der Waals surface area (Å²) in [6.07, 6.45) is 7.95. The normalized spacial score (nSPS) is 14.6. The van der Waals surface area contributed by atoms with Gasteiger partial charge < -0.3 is 14.8 Å². The van der Waals surface area contributed by atoms with Gasteiger partial charge in [-0.1, -0.05) is 46.0 Å². The zero-order valence-corrected chi connectivity index (χ0v) is 17.7. The van der Waals surface area contributed by atoms with Gasteiger partial charge in [0.15, 0.2) is 0 Å². The zero-order chi connectivity index (χ0) is 20.5. The summed E-state index contributed by atoms with van der Waals surface area (Å²) in [4.78, 5) is 12.4. The molecule has 2 aromatic rings. The van der Waals surface area contributed by atoms with E-state index in [9.17, 15) is 4.79 Å². The van der Waals surface area contributed by atoms with Crippen LogP contribution in [0.1, 0.15) is 62.7 Å². The van der Waals surface area contributed by atoms with Crippen LogP contribution in [0.15, 0.2) is 48.5 Å². The molecule has 156 valence electrons. The Kier molecular flexibility index (Phi) is 7.97. The second-order valence-corrected chi connectivity index (χ2v) is 8.35. The summed E-state index contributed by atoms with van der Waals surface area (Å²) in [7, 11) is 0. The van der Waals surface area contributed by atoms with E-state index in [4.69, 9.17) is 9.47 Å². The summed E-state index contributed by atoms with van der Waals surface area (Å²) in [5.74, 6) is 2.79. The molecule has 1 amide bonds. The Morgan fingerprint density at radius 1 is 0.931 bits per heavy atom. The molecule has 4 nitrogen and oxygen atoms in total. The smallest absolute Gasteiger partial charge is 0.255 e. The molecule has 2 aromatic carbocycles. The zero-order valence-electron chi connectivity index (χ0n) is 17.7. The van der Waals surface area contributed by atoms with Crippen molar-refractivity contribution < 1.29 is 14.3 Å². The van der Waals surface area contributed by atoms with Gasteiger partial charge in [0, 0.05) is 11.3 Å². The van der Waals surface area contributed by atoms with Crippen molar-refractivity contribution in [1.29, 1.82) is 0 Å². The molecule has 4 heteroatoms. The van der Waals surface area contributed by atoms with Crippen LogP contribution < -0.4 is 14.8 Å². The van der Waals surface area contributed by atoms with Gasteiger partial charge >= 0.3 is 0 Å². The summed E-state index contributed by atoms with van der Waals surface area (Å²) >= 11 is 0. The fraction of sp³-hybridized carbons (Fsp3) is 0.480. The number of hydrogen-bond acceptors (Lipinski definition) is 3. The number of ether oxygens (including phenoxy) is 2. The van der Waals surface area contributed by atoms with E-state index in [0.29, 0.717) is 18.1 Å². The monoisotopic (exact) mass is 395 g/mol. The summed E-state index contributed by atoms with van der Waals surface area (Å²) in [6.45, 7) is 5.64. The van der Waals surface area contributed by atoms with Gasteiger partial charge in [-0.3, -0.25) is 4.79 Å². The largest absolute Gasteiger partial charge is 0.494 e. The lowest BCUT2D eigenvalue weighted by Gasteiger charge is -2.21. The van der Waals surface area contributed by atoms with Crippen LogP contribution >= 0.6 is 0 Å². The van der Waals surface area contributed by atoms with Gasteiger partial charge in [0.05, 0.1) is 13.2 Å². The van der Waals surface area contributed by atoms with Gasteiger partial charge in [-0.25, -0.2) is 0 Å². The summed E-state index contributed by atoms with van der Waals surface area (Å²) in [6, 6.07) is 14.8. The lowest BCUT2D eigenvalue weighted by molar-refractivity contribution is 0.102. The Labute approximate surface area is 174 Å². The molecule has 1 aliphatic rings. The molecular weight excluding hydrogens is 362 g/mol. The average molecular weight is 396 g/mol. The average Bonchev–Trinajstić information content (AvgIpc) is 2.74. The Bertz CT molecular complexity index is 747. The van der Waals surface area contributed by atoms with Crippen LogP contribution in [-0.2, 0) is 0 Å². The predicted octanol–water partition coefficient (Wildman–Crippen LogP) is 6.32. The number of carbonyl (C=O) groups excluding carboxylic acids is 1. The third kappa shape index (κ3) is 7.12. The van der Waals surface area contributed by atoms with Gasteiger partial charge in [0.25, 0.3) is 5.91 Å². The third-order valence-electron chi connectivity index (χ3n) is 5.33. The maximum absolute atomic E-state index is 12.4. The molecule has 0 aliphatic heterocycles. The first-order valence-corrected chi connectivity index (χ1v) is 10.9. The highest BCUT2D eigenvalue weighted by atomic mass is 16.5. The lowest BCUT2D eigenvalue weighted by atomic mass is 9.87. The Morgan fingerprint density at radius 3 is 2.21 bits per heavy atom. The topological polar surface area (TPSA) is 47.6 Å². The van der Waals surface area contributed by atoms with Gasteiger partial charge in [0.1, 0.15) is 11.5 Å². The summed E-state index contributed by atoms with van der Waals surface area (Å²) in [5.41, 5.74) is 1.37. The molecule has 0 unspecified atom stereocenters. The lowest BCUT2D eigenvalue weighted by Crippen LogP contribution is -2.12. The molecule has 1 saturated carbocycles. The number of carbonyl (C=O) groups is 1. The molecule has 0 radical (unpaired) electrons. The molecular formula is C25H33NO3. The minimum atomic E-state index is -0.133. The van der Waals surface area contributed by atoms with Gasteiger partial charge in [-0.15, -0.1) is 0 Å². The fourth-order valence-corrected chi connectivity index (χ4v) is 3.62. The maximum Gasteiger partial charge on any atom is 0.255 e. The van der Waals surface area contributed by atoms with Crippen molar-refractivity contribution in [1.82, 2.24) is 0 Å². The van der Waals surface area contributed by atoms with E-state index in [1.165, 1.54) is 32.1 Å². The molecule has 1 N–H and O–H groups in total. The Morgan fingerprint density at radius 2 is 1.55 bits per heavy atom. The van der Waals surface area contributed by atoms with E-state index < -0.39 is 0 Å². The number of amides is 1. The van der Waals surface area contributed by atoms with Gasteiger partial charge in [-0.2, -0.15) is 0 Å². The van der Waals surface area contributed by atoms with Crippen LogP contribution in [0.3, 0.4) is 0 Å².